The van der Waals surface area contributed by atoms with Crippen molar-refractivity contribution < 1.29 is 27.5 Å². The van der Waals surface area contributed by atoms with E-state index >= 15 is 0 Å². The van der Waals surface area contributed by atoms with E-state index in [1.54, 1.807) is 17.8 Å². The molecule has 186 valence electrons. The van der Waals surface area contributed by atoms with E-state index in [-0.39, 0.29) is 23.4 Å². The van der Waals surface area contributed by atoms with Gasteiger partial charge in [-0.15, -0.1) is 0 Å². The molecule has 0 radical (unpaired) electrons. The highest BCUT2D eigenvalue weighted by Gasteiger charge is 2.32. The van der Waals surface area contributed by atoms with Crippen molar-refractivity contribution in [2.45, 2.75) is 44.6 Å². The number of hydrogen-bond donors (Lipinski definition) is 2. The minimum absolute atomic E-state index is 0.191. The molecule has 3 aromatic heterocycles. The lowest BCUT2D eigenvalue weighted by Gasteiger charge is -2.24. The van der Waals surface area contributed by atoms with Crippen molar-refractivity contribution in [3.63, 3.8) is 0 Å². The monoisotopic (exact) mass is 491 g/mol. The zero-order chi connectivity index (χ0) is 25.3. The van der Waals surface area contributed by atoms with Gasteiger partial charge >= 0.3 is 18.0 Å². The minimum Gasteiger partial charge on any atom is -0.383 e. The maximum Gasteiger partial charge on any atom is 0.417 e. The van der Waals surface area contributed by atoms with Gasteiger partial charge in [0.1, 0.15) is 17.6 Å². The van der Waals surface area contributed by atoms with E-state index in [9.17, 15) is 22.8 Å². The Morgan fingerprint density at radius 1 is 1.26 bits per heavy atom. The fourth-order valence-corrected chi connectivity index (χ4v) is 3.74. The molecule has 1 fully saturated rings. The summed E-state index contributed by atoms with van der Waals surface area (Å²) in [5, 5.41) is 7.51. The van der Waals surface area contributed by atoms with Gasteiger partial charge in [0.2, 0.25) is 0 Å². The first-order valence-corrected chi connectivity index (χ1v) is 10.9. The Morgan fingerprint density at radius 3 is 2.66 bits per heavy atom. The zero-order valence-corrected chi connectivity index (χ0v) is 19.0. The highest BCUT2D eigenvalue weighted by molar-refractivity contribution is 6.40. The lowest BCUT2D eigenvalue weighted by molar-refractivity contribution is -0.143. The molecule has 1 aliphatic heterocycles. The second-order valence-corrected chi connectivity index (χ2v) is 8.27. The maximum atomic E-state index is 12.8. The number of nitrogen functional groups attached to an aromatic ring is 1. The van der Waals surface area contributed by atoms with Crippen molar-refractivity contribution >= 4 is 34.2 Å². The second-order valence-electron chi connectivity index (χ2n) is 8.27. The summed E-state index contributed by atoms with van der Waals surface area (Å²) in [4.78, 5) is 34.4. The molecule has 35 heavy (non-hydrogen) atoms. The van der Waals surface area contributed by atoms with E-state index in [0.717, 1.165) is 30.2 Å². The van der Waals surface area contributed by atoms with E-state index in [1.807, 2.05) is 0 Å². The van der Waals surface area contributed by atoms with Gasteiger partial charge in [0.05, 0.1) is 34.6 Å². The van der Waals surface area contributed by atoms with Crippen LogP contribution in [-0.4, -0.2) is 50.1 Å². The molecule has 0 bridgehead atoms. The number of hydrogen-bond acceptors (Lipinski definition) is 7. The third-order valence-electron chi connectivity index (χ3n) is 5.93. The smallest absolute Gasteiger partial charge is 0.383 e. The van der Waals surface area contributed by atoms with E-state index in [4.69, 9.17) is 10.5 Å². The molecular formula is C22H24F3N7O3. The van der Waals surface area contributed by atoms with E-state index < -0.39 is 29.6 Å². The number of pyridine rings is 2. The summed E-state index contributed by atoms with van der Waals surface area (Å²) >= 11 is 0. The second kappa shape index (κ2) is 9.49. The number of carbonyl (C=O) groups is 2. The summed E-state index contributed by atoms with van der Waals surface area (Å²) in [6, 6.07) is 1.28. The standard InChI is InChI=1S/C22H24F3N7O3/c1-12(15-7-6-13(9-27-15)22(23,24)25)31(2)21(34)20(33)29-16-10-28-19(26)14-11-32(30-18(14)16)17-5-3-4-8-35-17/h6-7,9-12,17H,3-5,8H2,1-2H3,(H2,26,28)(H,29,33)/t12-,17?/m0/s1. The number of nitrogens with two attached hydrogens (primary N) is 1. The van der Waals surface area contributed by atoms with E-state index in [0.29, 0.717) is 23.7 Å². The first-order chi connectivity index (χ1) is 16.6. The van der Waals surface area contributed by atoms with Gasteiger partial charge in [0.25, 0.3) is 0 Å². The molecule has 1 unspecified atom stereocenters. The van der Waals surface area contributed by atoms with E-state index in [1.165, 1.54) is 19.3 Å². The molecule has 4 heterocycles. The summed E-state index contributed by atoms with van der Waals surface area (Å²) in [6.07, 6.45) is 1.64. The van der Waals surface area contributed by atoms with Crippen LogP contribution in [0.4, 0.5) is 24.7 Å². The third-order valence-corrected chi connectivity index (χ3v) is 5.93. The predicted molar refractivity (Wildman–Crippen MR) is 120 cm³/mol. The molecule has 0 aliphatic carbocycles. The molecule has 2 amide bonds. The zero-order valence-electron chi connectivity index (χ0n) is 19.0. The van der Waals surface area contributed by atoms with Crippen LogP contribution >= 0.6 is 0 Å². The van der Waals surface area contributed by atoms with Crippen LogP contribution in [0.3, 0.4) is 0 Å². The van der Waals surface area contributed by atoms with Crippen LogP contribution in [0.25, 0.3) is 10.9 Å². The molecule has 0 saturated carbocycles. The molecule has 0 aromatic carbocycles. The Balaban J connectivity index is 1.50. The highest BCUT2D eigenvalue weighted by atomic mass is 19.4. The number of alkyl halides is 3. The first-order valence-electron chi connectivity index (χ1n) is 10.9. The SMILES string of the molecule is C[C@@H](c1ccc(C(F)(F)F)cn1)N(C)C(=O)C(=O)Nc1cnc(N)c2cn(C3CCCCO3)nc12. The van der Waals surface area contributed by atoms with Gasteiger partial charge in [0, 0.05) is 26.0 Å². The van der Waals surface area contributed by atoms with Gasteiger partial charge in [-0.05, 0) is 38.3 Å². The van der Waals surface area contributed by atoms with Crippen LogP contribution in [-0.2, 0) is 20.5 Å². The Bertz CT molecular complexity index is 1240. The first kappa shape index (κ1) is 24.4. The average Bonchev–Trinajstić information content (AvgIpc) is 3.31. The Hall–Kier alpha value is -3.74. The maximum absolute atomic E-state index is 12.8. The number of carbonyl (C=O) groups excluding carboxylic acids is 2. The Morgan fingerprint density at radius 2 is 2.03 bits per heavy atom. The van der Waals surface area contributed by atoms with E-state index in [2.05, 4.69) is 20.4 Å². The van der Waals surface area contributed by atoms with Gasteiger partial charge in [-0.3, -0.25) is 14.6 Å². The van der Waals surface area contributed by atoms with Gasteiger partial charge in [-0.2, -0.15) is 18.3 Å². The largest absolute Gasteiger partial charge is 0.417 e. The lowest BCUT2D eigenvalue weighted by atomic mass is 10.1. The van der Waals surface area contributed by atoms with Gasteiger partial charge in [-0.25, -0.2) is 9.67 Å². The number of nitrogens with one attached hydrogen (secondary N) is 1. The molecular weight excluding hydrogens is 467 g/mol. The van der Waals surface area contributed by atoms with Crippen LogP contribution in [0.5, 0.6) is 0 Å². The predicted octanol–water partition coefficient (Wildman–Crippen LogP) is 3.28. The number of likely N-dealkylation sites (N-methyl/N-ethyl adjacent to an activating group) is 1. The molecule has 1 aliphatic rings. The van der Waals surface area contributed by atoms with Crippen LogP contribution < -0.4 is 11.1 Å². The summed E-state index contributed by atoms with van der Waals surface area (Å²) in [5.74, 6) is -1.67. The minimum atomic E-state index is -4.52. The number of fused-ring (bicyclic) bond motifs is 1. The van der Waals surface area contributed by atoms with Crippen LogP contribution in [0.15, 0.2) is 30.7 Å². The lowest BCUT2D eigenvalue weighted by Crippen LogP contribution is -2.38. The molecule has 0 spiro atoms. The molecule has 4 rings (SSSR count). The van der Waals surface area contributed by atoms with Crippen molar-refractivity contribution in [3.05, 3.63) is 42.0 Å². The summed E-state index contributed by atoms with van der Waals surface area (Å²) in [7, 11) is 1.36. The number of anilines is 2. The normalized spacial score (nSPS) is 17.2. The number of halogens is 3. The summed E-state index contributed by atoms with van der Waals surface area (Å²) in [5.41, 5.74) is 5.82. The van der Waals surface area contributed by atoms with Gasteiger partial charge in [-0.1, -0.05) is 0 Å². The Kier molecular flexibility index (Phi) is 6.61. The number of aromatic nitrogens is 4. The molecule has 2 atom stereocenters. The summed E-state index contributed by atoms with van der Waals surface area (Å²) in [6.45, 7) is 2.17. The number of rotatable bonds is 4. The number of ether oxygens (including phenoxy) is 1. The average molecular weight is 491 g/mol. The van der Waals surface area contributed by atoms with Crippen LogP contribution in [0, 0.1) is 0 Å². The molecule has 3 N–H and O–H groups in total. The van der Waals surface area contributed by atoms with Crippen molar-refractivity contribution in [1.29, 1.82) is 0 Å². The van der Waals surface area contributed by atoms with Crippen molar-refractivity contribution in [3.8, 4) is 0 Å². The topological polar surface area (TPSA) is 128 Å². The molecule has 1 saturated heterocycles. The number of amides is 2. The van der Waals surface area contributed by atoms with Gasteiger partial charge in [0.15, 0.2) is 0 Å². The quantitative estimate of drug-likeness (QED) is 0.536. The fourth-order valence-electron chi connectivity index (χ4n) is 3.74. The van der Waals surface area contributed by atoms with Crippen LogP contribution in [0.1, 0.15) is 49.7 Å². The van der Waals surface area contributed by atoms with Gasteiger partial charge < -0.3 is 20.7 Å². The fraction of sp³-hybridized carbons (Fsp3) is 0.409. The highest BCUT2D eigenvalue weighted by Crippen LogP contribution is 2.31. The number of nitrogens with zero attached hydrogens (tertiary/aromatic N) is 5. The molecule has 3 aromatic rings. The third kappa shape index (κ3) is 5.04. The van der Waals surface area contributed by atoms with Crippen molar-refractivity contribution in [1.82, 2.24) is 24.6 Å². The Labute approximate surface area is 198 Å². The van der Waals surface area contributed by atoms with Crippen LogP contribution in [0.2, 0.25) is 0 Å². The van der Waals surface area contributed by atoms with Crippen molar-refractivity contribution in [2.24, 2.45) is 0 Å². The van der Waals surface area contributed by atoms with Crippen molar-refractivity contribution in [2.75, 3.05) is 24.7 Å². The molecule has 13 heteroatoms. The molecule has 10 nitrogen and oxygen atoms in total. The summed E-state index contributed by atoms with van der Waals surface area (Å²) < 4.78 is 45.7.